The zero-order chi connectivity index (χ0) is 12.2. The highest BCUT2D eigenvalue weighted by atomic mass is 32.2. The van der Waals surface area contributed by atoms with E-state index in [-0.39, 0.29) is 12.0 Å². The molecule has 88 valence electrons. The summed E-state index contributed by atoms with van der Waals surface area (Å²) in [6.07, 6.45) is 0.0405. The number of carbonyl (C=O) groups excluding carboxylic acids is 1. The van der Waals surface area contributed by atoms with Gasteiger partial charge in [0.2, 0.25) is 0 Å². The van der Waals surface area contributed by atoms with Crippen LogP contribution in [0.2, 0.25) is 0 Å². The van der Waals surface area contributed by atoms with Crippen molar-refractivity contribution in [3.05, 3.63) is 35.9 Å². The number of benzene rings is 1. The average molecular weight is 244 g/mol. The zero-order valence-electron chi connectivity index (χ0n) is 8.66. The molecule has 0 bridgehead atoms. The van der Waals surface area contributed by atoms with E-state index in [1.165, 1.54) is 19.1 Å². The molecule has 16 heavy (non-hydrogen) atoms. The average Bonchev–Trinajstić information content (AvgIpc) is 2.25. The molecule has 1 aromatic rings. The van der Waals surface area contributed by atoms with E-state index in [2.05, 4.69) is 4.74 Å². The Morgan fingerprint density at radius 1 is 1.38 bits per heavy atom. The van der Waals surface area contributed by atoms with Gasteiger partial charge in [0.05, 0.1) is 0 Å². The molecule has 0 spiro atoms. The van der Waals surface area contributed by atoms with Gasteiger partial charge in [0.15, 0.2) is 0 Å². The van der Waals surface area contributed by atoms with E-state index in [9.17, 15) is 13.2 Å². The molecule has 1 rings (SSSR count). The molecule has 0 heterocycles. The SMILES string of the molecule is CCC(=O)OC(c1ccccc1)S(=O)(=O)O. The van der Waals surface area contributed by atoms with Gasteiger partial charge in [0.25, 0.3) is 5.44 Å². The first-order valence-corrected chi connectivity index (χ1v) is 6.16. The Labute approximate surface area is 93.8 Å². The van der Waals surface area contributed by atoms with Crippen molar-refractivity contribution < 1.29 is 22.5 Å². The minimum Gasteiger partial charge on any atom is -0.438 e. The molecule has 0 amide bonds. The quantitative estimate of drug-likeness (QED) is 0.641. The zero-order valence-corrected chi connectivity index (χ0v) is 9.48. The summed E-state index contributed by atoms with van der Waals surface area (Å²) in [6, 6.07) is 7.79. The third-order valence-electron chi connectivity index (χ3n) is 1.87. The molecule has 1 aromatic carbocycles. The van der Waals surface area contributed by atoms with Crippen LogP contribution in [-0.4, -0.2) is 18.9 Å². The molecule has 0 aliphatic heterocycles. The monoisotopic (exact) mass is 244 g/mol. The van der Waals surface area contributed by atoms with E-state index in [0.717, 1.165) is 0 Å². The third kappa shape index (κ3) is 3.32. The summed E-state index contributed by atoms with van der Waals surface area (Å²) in [7, 11) is -4.47. The van der Waals surface area contributed by atoms with E-state index >= 15 is 0 Å². The molecule has 0 aromatic heterocycles. The molecule has 1 N–H and O–H groups in total. The van der Waals surface area contributed by atoms with Crippen LogP contribution in [0.4, 0.5) is 0 Å². The van der Waals surface area contributed by atoms with Gasteiger partial charge in [-0.25, -0.2) is 0 Å². The molecule has 0 aliphatic rings. The largest absolute Gasteiger partial charge is 0.438 e. The molecule has 1 unspecified atom stereocenters. The molecule has 6 heteroatoms. The van der Waals surface area contributed by atoms with E-state index in [1.54, 1.807) is 18.2 Å². The van der Waals surface area contributed by atoms with E-state index in [4.69, 9.17) is 4.55 Å². The summed E-state index contributed by atoms with van der Waals surface area (Å²) in [5.41, 5.74) is -1.44. The predicted octanol–water partition coefficient (Wildman–Crippen LogP) is 1.53. The van der Waals surface area contributed by atoms with Gasteiger partial charge in [-0.1, -0.05) is 37.3 Å². The van der Waals surface area contributed by atoms with Crippen molar-refractivity contribution in [2.24, 2.45) is 0 Å². The normalized spacial score (nSPS) is 13.1. The molecule has 0 aliphatic carbocycles. The van der Waals surface area contributed by atoms with Gasteiger partial charge < -0.3 is 4.74 Å². The van der Waals surface area contributed by atoms with Gasteiger partial charge in [0.1, 0.15) is 0 Å². The number of carbonyl (C=O) groups is 1. The number of rotatable bonds is 4. The van der Waals surface area contributed by atoms with Crippen LogP contribution >= 0.6 is 0 Å². The first kappa shape index (κ1) is 12.7. The Morgan fingerprint density at radius 2 is 1.94 bits per heavy atom. The van der Waals surface area contributed by atoms with Crippen molar-refractivity contribution >= 4 is 16.1 Å². The fraction of sp³-hybridized carbons (Fsp3) is 0.300. The lowest BCUT2D eigenvalue weighted by molar-refractivity contribution is -0.145. The van der Waals surface area contributed by atoms with Crippen molar-refractivity contribution in [3.63, 3.8) is 0 Å². The van der Waals surface area contributed by atoms with Gasteiger partial charge in [-0.2, -0.15) is 8.42 Å². The second kappa shape index (κ2) is 5.09. The van der Waals surface area contributed by atoms with Crippen molar-refractivity contribution in [2.75, 3.05) is 0 Å². The van der Waals surface area contributed by atoms with Gasteiger partial charge in [-0.15, -0.1) is 0 Å². The summed E-state index contributed by atoms with van der Waals surface area (Å²) in [4.78, 5) is 11.0. The Bertz CT molecular complexity index is 451. The Balaban J connectivity index is 3.03. The van der Waals surface area contributed by atoms with Crippen molar-refractivity contribution in [3.8, 4) is 0 Å². The fourth-order valence-electron chi connectivity index (χ4n) is 1.11. The Hall–Kier alpha value is -1.40. The first-order valence-electron chi connectivity index (χ1n) is 4.66. The van der Waals surface area contributed by atoms with Crippen LogP contribution in [0.3, 0.4) is 0 Å². The Morgan fingerprint density at radius 3 is 2.38 bits per heavy atom. The maximum atomic E-state index is 11.1. The highest BCUT2D eigenvalue weighted by Crippen LogP contribution is 2.23. The molecule has 5 nitrogen and oxygen atoms in total. The van der Waals surface area contributed by atoms with Gasteiger partial charge in [0, 0.05) is 12.0 Å². The summed E-state index contributed by atoms with van der Waals surface area (Å²) < 4.78 is 35.8. The second-order valence-electron chi connectivity index (χ2n) is 3.10. The molecular formula is C10H12O5S. The van der Waals surface area contributed by atoms with Crippen LogP contribution in [0, 0.1) is 0 Å². The lowest BCUT2D eigenvalue weighted by Crippen LogP contribution is -2.19. The number of esters is 1. The first-order chi connectivity index (χ1) is 7.45. The fourth-order valence-corrected chi connectivity index (χ4v) is 1.84. The number of ether oxygens (including phenoxy) is 1. The van der Waals surface area contributed by atoms with Crippen LogP contribution in [0.25, 0.3) is 0 Å². The van der Waals surface area contributed by atoms with Crippen LogP contribution < -0.4 is 0 Å². The molecule has 0 fully saturated rings. The van der Waals surface area contributed by atoms with Gasteiger partial charge in [-0.3, -0.25) is 9.35 Å². The summed E-state index contributed by atoms with van der Waals surface area (Å²) >= 11 is 0. The Kier molecular flexibility index (Phi) is 4.03. The van der Waals surface area contributed by atoms with E-state index in [0.29, 0.717) is 0 Å². The minimum atomic E-state index is -4.47. The van der Waals surface area contributed by atoms with Crippen LogP contribution in [0.5, 0.6) is 0 Å². The summed E-state index contributed by atoms with van der Waals surface area (Å²) in [6.45, 7) is 1.54. The highest BCUT2D eigenvalue weighted by Gasteiger charge is 2.28. The topological polar surface area (TPSA) is 80.7 Å². The lowest BCUT2D eigenvalue weighted by Gasteiger charge is -2.14. The van der Waals surface area contributed by atoms with Gasteiger partial charge in [-0.05, 0) is 0 Å². The lowest BCUT2D eigenvalue weighted by atomic mass is 10.2. The van der Waals surface area contributed by atoms with E-state index < -0.39 is 21.5 Å². The molecular weight excluding hydrogens is 232 g/mol. The number of hydrogen-bond donors (Lipinski definition) is 1. The third-order valence-corrected chi connectivity index (χ3v) is 2.78. The summed E-state index contributed by atoms with van der Waals surface area (Å²) in [5, 5.41) is 0. The molecule has 0 saturated heterocycles. The maximum Gasteiger partial charge on any atom is 0.308 e. The van der Waals surface area contributed by atoms with Crippen LogP contribution in [0.1, 0.15) is 24.3 Å². The second-order valence-corrected chi connectivity index (χ2v) is 4.56. The maximum absolute atomic E-state index is 11.1. The van der Waals surface area contributed by atoms with Crippen LogP contribution in [-0.2, 0) is 19.6 Å². The van der Waals surface area contributed by atoms with Gasteiger partial charge >= 0.3 is 16.1 Å². The molecule has 1 atom stereocenters. The smallest absolute Gasteiger partial charge is 0.308 e. The van der Waals surface area contributed by atoms with Crippen molar-refractivity contribution in [1.29, 1.82) is 0 Å². The van der Waals surface area contributed by atoms with Crippen molar-refractivity contribution in [2.45, 2.75) is 18.8 Å². The predicted molar refractivity (Wildman–Crippen MR) is 57.1 cm³/mol. The minimum absolute atomic E-state index is 0.0405. The summed E-state index contributed by atoms with van der Waals surface area (Å²) in [5.74, 6) is -0.688. The number of hydrogen-bond acceptors (Lipinski definition) is 4. The van der Waals surface area contributed by atoms with E-state index in [1.807, 2.05) is 0 Å². The van der Waals surface area contributed by atoms with Crippen LogP contribution in [0.15, 0.2) is 30.3 Å². The highest BCUT2D eigenvalue weighted by molar-refractivity contribution is 7.85. The van der Waals surface area contributed by atoms with Crippen molar-refractivity contribution in [1.82, 2.24) is 0 Å². The molecule has 0 saturated carbocycles. The molecule has 0 radical (unpaired) electrons. The standard InChI is InChI=1S/C10H12O5S/c1-2-9(11)15-10(16(12,13)14)8-6-4-3-5-7-8/h3-7,10H,2H2,1H3,(H,12,13,14).